The molecule has 0 aliphatic rings. The summed E-state index contributed by atoms with van der Waals surface area (Å²) in [6, 6.07) is 6.15. The van der Waals surface area contributed by atoms with E-state index >= 15 is 0 Å². The number of carbonyl (C=O) groups is 1. The second kappa shape index (κ2) is 5.45. The van der Waals surface area contributed by atoms with Crippen molar-refractivity contribution < 1.29 is 17.6 Å². The van der Waals surface area contributed by atoms with Gasteiger partial charge in [-0.3, -0.25) is 4.79 Å². The largest absolute Gasteiger partial charge is 0.444 e. The molecule has 0 fully saturated rings. The molecule has 0 aliphatic heterocycles. The molecule has 1 amide bonds. The number of nitrogens with one attached hydrogen (secondary N) is 1. The van der Waals surface area contributed by atoms with Crippen LogP contribution in [-0.2, 0) is 16.6 Å². The zero-order valence-corrected chi connectivity index (χ0v) is 12.6. The van der Waals surface area contributed by atoms with Crippen molar-refractivity contribution in [3.63, 3.8) is 0 Å². The average Bonchev–Trinajstić information content (AvgIpc) is 2.93. The third-order valence-corrected chi connectivity index (χ3v) is 5.09. The first kappa shape index (κ1) is 14.3. The van der Waals surface area contributed by atoms with Gasteiger partial charge in [0.25, 0.3) is 5.91 Å². The van der Waals surface area contributed by atoms with Gasteiger partial charge in [0.05, 0.1) is 6.54 Å². The number of nitrogens with two attached hydrogens (primary N) is 1. The van der Waals surface area contributed by atoms with Gasteiger partial charge in [0.1, 0.15) is 4.21 Å². The van der Waals surface area contributed by atoms with Gasteiger partial charge >= 0.3 is 0 Å². The molecule has 19 heavy (non-hydrogen) atoms. The molecule has 102 valence electrons. The van der Waals surface area contributed by atoms with Gasteiger partial charge in [0.15, 0.2) is 10.4 Å². The molecule has 0 bridgehead atoms. The van der Waals surface area contributed by atoms with Crippen LogP contribution in [0.5, 0.6) is 0 Å². The summed E-state index contributed by atoms with van der Waals surface area (Å²) in [7, 11) is -3.69. The number of sulfonamides is 1. The third-order valence-electron chi connectivity index (χ3n) is 2.14. The van der Waals surface area contributed by atoms with Gasteiger partial charge in [-0.2, -0.15) is 0 Å². The quantitative estimate of drug-likeness (QED) is 0.861. The highest BCUT2D eigenvalue weighted by Gasteiger charge is 2.13. The minimum absolute atomic E-state index is 0.0671. The summed E-state index contributed by atoms with van der Waals surface area (Å²) >= 11 is 4.11. The maximum absolute atomic E-state index is 11.7. The van der Waals surface area contributed by atoms with E-state index in [1.165, 1.54) is 12.1 Å². The molecule has 3 N–H and O–H groups in total. The minimum atomic E-state index is -3.69. The number of furan rings is 1. The number of carbonyl (C=O) groups excluding carboxylic acids is 1. The summed E-state index contributed by atoms with van der Waals surface area (Å²) in [5.74, 6) is -0.202. The monoisotopic (exact) mass is 364 g/mol. The van der Waals surface area contributed by atoms with E-state index in [4.69, 9.17) is 9.56 Å². The summed E-state index contributed by atoms with van der Waals surface area (Å²) in [4.78, 5) is 12.4. The van der Waals surface area contributed by atoms with Gasteiger partial charge in [0.2, 0.25) is 10.0 Å². The smallest absolute Gasteiger partial charge is 0.287 e. The van der Waals surface area contributed by atoms with Crippen LogP contribution in [0.3, 0.4) is 0 Å². The van der Waals surface area contributed by atoms with Crippen LogP contribution in [0.1, 0.15) is 15.4 Å². The van der Waals surface area contributed by atoms with Crippen molar-refractivity contribution in [3.05, 3.63) is 39.6 Å². The molecule has 0 spiro atoms. The first-order valence-electron chi connectivity index (χ1n) is 5.01. The normalized spacial score (nSPS) is 11.5. The van der Waals surface area contributed by atoms with Crippen molar-refractivity contribution >= 4 is 43.2 Å². The molecule has 2 aromatic rings. The van der Waals surface area contributed by atoms with E-state index in [1.807, 2.05) is 0 Å². The van der Waals surface area contributed by atoms with E-state index in [0.717, 1.165) is 11.3 Å². The van der Waals surface area contributed by atoms with Gasteiger partial charge in [-0.25, -0.2) is 13.6 Å². The highest BCUT2D eigenvalue weighted by atomic mass is 79.9. The van der Waals surface area contributed by atoms with Crippen LogP contribution in [-0.4, -0.2) is 14.3 Å². The van der Waals surface area contributed by atoms with Gasteiger partial charge in [-0.05, 0) is 40.2 Å². The van der Waals surface area contributed by atoms with E-state index in [9.17, 15) is 13.2 Å². The molecule has 2 aromatic heterocycles. The lowest BCUT2D eigenvalue weighted by Crippen LogP contribution is -2.21. The molecular weight excluding hydrogens is 356 g/mol. The zero-order valence-electron chi connectivity index (χ0n) is 9.42. The standard InChI is InChI=1S/C10H9BrN2O4S2/c11-8-3-2-7(17-8)10(14)13-5-6-1-4-9(18-6)19(12,15)16/h1-4H,5H2,(H,13,14)(H2,12,15,16). The van der Waals surface area contributed by atoms with Crippen LogP contribution in [0.4, 0.5) is 0 Å². The first-order chi connectivity index (χ1) is 8.86. The van der Waals surface area contributed by atoms with E-state index in [0.29, 0.717) is 9.55 Å². The third kappa shape index (κ3) is 3.66. The Bertz CT molecular complexity index is 705. The number of hydrogen-bond donors (Lipinski definition) is 2. The van der Waals surface area contributed by atoms with E-state index in [1.54, 1.807) is 12.1 Å². The van der Waals surface area contributed by atoms with Gasteiger partial charge in [0, 0.05) is 4.88 Å². The van der Waals surface area contributed by atoms with Crippen molar-refractivity contribution in [2.24, 2.45) is 5.14 Å². The predicted molar refractivity (Wildman–Crippen MR) is 73.3 cm³/mol. The first-order valence-corrected chi connectivity index (χ1v) is 8.17. The molecule has 0 unspecified atom stereocenters. The average molecular weight is 365 g/mol. The molecule has 0 aromatic carbocycles. The number of rotatable bonds is 4. The van der Waals surface area contributed by atoms with Gasteiger partial charge < -0.3 is 9.73 Å². The predicted octanol–water partition coefficient (Wildman–Crippen LogP) is 1.68. The van der Waals surface area contributed by atoms with Crippen LogP contribution >= 0.6 is 27.3 Å². The van der Waals surface area contributed by atoms with Crippen molar-refractivity contribution in [1.29, 1.82) is 0 Å². The van der Waals surface area contributed by atoms with Gasteiger partial charge in [-0.1, -0.05) is 0 Å². The van der Waals surface area contributed by atoms with Crippen LogP contribution < -0.4 is 10.5 Å². The van der Waals surface area contributed by atoms with Gasteiger partial charge in [-0.15, -0.1) is 11.3 Å². The second-order valence-corrected chi connectivity index (χ2v) is 7.29. The van der Waals surface area contributed by atoms with Crippen molar-refractivity contribution in [2.45, 2.75) is 10.8 Å². The summed E-state index contributed by atoms with van der Waals surface area (Å²) in [5.41, 5.74) is 0. The molecule has 0 aliphatic carbocycles. The number of primary sulfonamides is 1. The summed E-state index contributed by atoms with van der Waals surface area (Å²) < 4.78 is 27.8. The summed E-state index contributed by atoms with van der Waals surface area (Å²) in [6.07, 6.45) is 0. The molecule has 0 saturated carbocycles. The summed E-state index contributed by atoms with van der Waals surface area (Å²) in [5, 5.41) is 7.61. The Morgan fingerprint density at radius 1 is 1.37 bits per heavy atom. The number of halogens is 1. The summed E-state index contributed by atoms with van der Waals surface area (Å²) in [6.45, 7) is 0.206. The van der Waals surface area contributed by atoms with E-state index < -0.39 is 10.0 Å². The molecular formula is C10H9BrN2O4S2. The van der Waals surface area contributed by atoms with Crippen LogP contribution in [0.2, 0.25) is 0 Å². The van der Waals surface area contributed by atoms with E-state index in [-0.39, 0.29) is 22.4 Å². The lowest BCUT2D eigenvalue weighted by Gasteiger charge is -2.00. The number of amides is 1. The van der Waals surface area contributed by atoms with Crippen LogP contribution in [0.25, 0.3) is 0 Å². The number of hydrogen-bond acceptors (Lipinski definition) is 5. The molecule has 0 radical (unpaired) electrons. The fourth-order valence-corrected chi connectivity index (χ4v) is 3.32. The van der Waals surface area contributed by atoms with Crippen molar-refractivity contribution in [1.82, 2.24) is 5.32 Å². The topological polar surface area (TPSA) is 102 Å². The molecule has 0 atom stereocenters. The molecule has 6 nitrogen and oxygen atoms in total. The Morgan fingerprint density at radius 2 is 2.11 bits per heavy atom. The Kier molecular flexibility index (Phi) is 4.09. The van der Waals surface area contributed by atoms with Crippen LogP contribution in [0.15, 0.2) is 37.6 Å². The maximum atomic E-state index is 11.7. The Morgan fingerprint density at radius 3 is 2.63 bits per heavy atom. The SMILES string of the molecule is NS(=O)(=O)c1ccc(CNC(=O)c2ccc(Br)o2)s1. The second-order valence-electron chi connectivity index (χ2n) is 3.55. The molecule has 0 saturated heterocycles. The molecule has 9 heteroatoms. The van der Waals surface area contributed by atoms with E-state index in [2.05, 4.69) is 21.2 Å². The highest BCUT2D eigenvalue weighted by Crippen LogP contribution is 2.20. The Hall–Kier alpha value is -1.16. The Balaban J connectivity index is 1.99. The fourth-order valence-electron chi connectivity index (χ4n) is 1.30. The lowest BCUT2D eigenvalue weighted by atomic mass is 10.4. The van der Waals surface area contributed by atoms with Crippen molar-refractivity contribution in [3.8, 4) is 0 Å². The minimum Gasteiger partial charge on any atom is -0.444 e. The van der Waals surface area contributed by atoms with Crippen LogP contribution in [0, 0.1) is 0 Å². The van der Waals surface area contributed by atoms with Crippen molar-refractivity contribution in [2.75, 3.05) is 0 Å². The number of thiophene rings is 1. The highest BCUT2D eigenvalue weighted by molar-refractivity contribution is 9.10. The maximum Gasteiger partial charge on any atom is 0.287 e. The zero-order chi connectivity index (χ0) is 14.0. The lowest BCUT2D eigenvalue weighted by molar-refractivity contribution is 0.0922. The molecule has 2 heterocycles. The Labute approximate surface area is 121 Å². The fraction of sp³-hybridized carbons (Fsp3) is 0.100. The molecule has 2 rings (SSSR count).